The lowest BCUT2D eigenvalue weighted by Gasteiger charge is -2.16. The quantitative estimate of drug-likeness (QED) is 0.116. The predicted octanol–water partition coefficient (Wildman–Crippen LogP) is 6.44. The van der Waals surface area contributed by atoms with Gasteiger partial charge in [0.1, 0.15) is 0 Å². The van der Waals surface area contributed by atoms with E-state index in [-0.39, 0.29) is 35.0 Å². The molecule has 4 aromatic rings. The summed E-state index contributed by atoms with van der Waals surface area (Å²) in [6.45, 7) is 1.54. The van der Waals surface area contributed by atoms with Gasteiger partial charge in [0.2, 0.25) is 17.6 Å². The summed E-state index contributed by atoms with van der Waals surface area (Å²) in [5.41, 5.74) is 2.66. The van der Waals surface area contributed by atoms with E-state index < -0.39 is 12.1 Å². The van der Waals surface area contributed by atoms with Gasteiger partial charge in [-0.15, -0.1) is 0 Å². The van der Waals surface area contributed by atoms with Crippen LogP contribution < -0.4 is 4.90 Å². The van der Waals surface area contributed by atoms with Gasteiger partial charge < -0.3 is 4.74 Å². The first kappa shape index (κ1) is 26.6. The number of hydrogen-bond donors (Lipinski definition) is 0. The molecule has 3 unspecified atom stereocenters. The number of fused-ring (bicyclic) bond motifs is 2. The molecule has 2 aliphatic rings. The van der Waals surface area contributed by atoms with Gasteiger partial charge in [-0.05, 0) is 44.0 Å². The number of rotatable bonds is 6. The second-order valence-electron chi connectivity index (χ2n) is 10.2. The maximum absolute atomic E-state index is 13.4. The highest BCUT2D eigenvalue weighted by molar-refractivity contribution is 6.35. The Morgan fingerprint density at radius 3 is 2.22 bits per heavy atom. The fourth-order valence-electron chi connectivity index (χ4n) is 5.48. The highest BCUT2D eigenvalue weighted by Gasteiger charge is 2.47. The van der Waals surface area contributed by atoms with Crippen LogP contribution in [0, 0.1) is 11.8 Å². The van der Waals surface area contributed by atoms with E-state index in [0.717, 1.165) is 0 Å². The van der Waals surface area contributed by atoms with Crippen molar-refractivity contribution in [1.29, 1.82) is 0 Å². The van der Waals surface area contributed by atoms with Gasteiger partial charge >= 0.3 is 5.97 Å². The number of hydrogen-bond acceptors (Lipinski definition) is 6. The van der Waals surface area contributed by atoms with Crippen LogP contribution in [-0.2, 0) is 14.3 Å². The molecule has 41 heavy (non-hydrogen) atoms. The van der Waals surface area contributed by atoms with Crippen LogP contribution in [-0.4, -0.2) is 34.7 Å². The normalized spacial score (nSPS) is 18.8. The molecule has 0 spiro atoms. The molecular formula is C33H25ClN2O5. The van der Waals surface area contributed by atoms with E-state index in [0.29, 0.717) is 51.3 Å². The topological polar surface area (TPSA) is 93.6 Å². The van der Waals surface area contributed by atoms with Crippen LogP contribution in [0.5, 0.6) is 0 Å². The first-order valence-electron chi connectivity index (χ1n) is 13.4. The number of para-hydroxylation sites is 1. The minimum absolute atomic E-state index is 0.183. The van der Waals surface area contributed by atoms with Gasteiger partial charge in [0.05, 0.1) is 39.3 Å². The third-order valence-electron chi connectivity index (χ3n) is 7.65. The fraction of sp³-hybridized carbons (Fsp3) is 0.182. The lowest BCUT2D eigenvalue weighted by molar-refractivity contribution is -0.122. The number of allylic oxidation sites excluding steroid dienone is 2. The molecule has 3 atom stereocenters. The number of imide groups is 1. The summed E-state index contributed by atoms with van der Waals surface area (Å²) >= 11 is 6.48. The van der Waals surface area contributed by atoms with Crippen molar-refractivity contribution in [2.24, 2.45) is 11.8 Å². The summed E-state index contributed by atoms with van der Waals surface area (Å²) in [5, 5.41) is 0.847. The number of ether oxygens (including phenoxy) is 1. The molecule has 3 aromatic carbocycles. The number of aromatic nitrogens is 1. The maximum atomic E-state index is 13.4. The number of carbonyl (C=O) groups is 4. The van der Waals surface area contributed by atoms with Crippen molar-refractivity contribution < 1.29 is 23.9 Å². The van der Waals surface area contributed by atoms with E-state index >= 15 is 0 Å². The molecule has 204 valence electrons. The van der Waals surface area contributed by atoms with Gasteiger partial charge in [-0.3, -0.25) is 19.3 Å². The second-order valence-corrected chi connectivity index (χ2v) is 10.6. The van der Waals surface area contributed by atoms with Crippen LogP contribution >= 0.6 is 11.6 Å². The van der Waals surface area contributed by atoms with Crippen molar-refractivity contribution in [1.82, 2.24) is 4.98 Å². The molecule has 1 aromatic heterocycles. The van der Waals surface area contributed by atoms with E-state index in [4.69, 9.17) is 21.3 Å². The number of pyridine rings is 1. The van der Waals surface area contributed by atoms with Gasteiger partial charge in [-0.25, -0.2) is 9.78 Å². The van der Waals surface area contributed by atoms with Crippen LogP contribution in [0.2, 0.25) is 5.02 Å². The van der Waals surface area contributed by atoms with Gasteiger partial charge in [0, 0.05) is 16.5 Å². The molecule has 1 fully saturated rings. The summed E-state index contributed by atoms with van der Waals surface area (Å²) in [4.78, 5) is 58.2. The zero-order valence-corrected chi connectivity index (χ0v) is 22.9. The average molecular weight is 565 g/mol. The first-order chi connectivity index (χ1) is 19.8. The predicted molar refractivity (Wildman–Crippen MR) is 156 cm³/mol. The van der Waals surface area contributed by atoms with Gasteiger partial charge in [0.15, 0.2) is 6.10 Å². The molecule has 8 heteroatoms. The van der Waals surface area contributed by atoms with Crippen LogP contribution in [0.1, 0.15) is 40.5 Å². The second kappa shape index (κ2) is 10.7. The third kappa shape index (κ3) is 4.83. The standard InChI is InChI=1S/C33H25ClN2O5/c1-19(30(37)21-8-3-2-4-9-21)41-33(40)26-18-28(35-29-23(26)12-7-13-27(29)34)20-14-16-22(17-15-20)36-31(38)24-10-5-6-11-25(24)32(36)39/h2-9,12-19,24-25H,10-11H2,1H3. The molecule has 2 amide bonds. The highest BCUT2D eigenvalue weighted by Crippen LogP contribution is 2.38. The highest BCUT2D eigenvalue weighted by atomic mass is 35.5. The lowest BCUT2D eigenvalue weighted by Crippen LogP contribution is -2.30. The van der Waals surface area contributed by atoms with E-state index in [1.165, 1.54) is 11.8 Å². The molecule has 1 saturated heterocycles. The van der Waals surface area contributed by atoms with Crippen LogP contribution in [0.15, 0.2) is 91.0 Å². The van der Waals surface area contributed by atoms with Crippen molar-refractivity contribution in [2.45, 2.75) is 25.9 Å². The van der Waals surface area contributed by atoms with E-state index in [1.807, 2.05) is 12.2 Å². The number of anilines is 1. The molecule has 1 aliphatic carbocycles. The molecule has 0 saturated carbocycles. The van der Waals surface area contributed by atoms with Crippen LogP contribution in [0.4, 0.5) is 5.69 Å². The summed E-state index contributed by atoms with van der Waals surface area (Å²) in [5.74, 6) is -2.00. The number of amides is 2. The Balaban J connectivity index is 1.31. The maximum Gasteiger partial charge on any atom is 0.339 e. The zero-order valence-electron chi connectivity index (χ0n) is 22.1. The number of benzene rings is 3. The molecule has 7 nitrogen and oxygen atoms in total. The molecular weight excluding hydrogens is 540 g/mol. The monoisotopic (exact) mass is 564 g/mol. The number of carbonyl (C=O) groups excluding carboxylic acids is 4. The number of Topliss-reactive ketones (excluding diaryl/α,β-unsaturated/α-hetero) is 1. The summed E-state index contributed by atoms with van der Waals surface area (Å²) in [6, 6.07) is 22.3. The van der Waals surface area contributed by atoms with Crippen molar-refractivity contribution >= 4 is 51.8 Å². The van der Waals surface area contributed by atoms with Crippen molar-refractivity contribution in [3.05, 3.63) is 107 Å². The fourth-order valence-corrected chi connectivity index (χ4v) is 5.70. The van der Waals surface area contributed by atoms with Crippen molar-refractivity contribution in [2.75, 3.05) is 4.90 Å². The van der Waals surface area contributed by atoms with E-state index in [2.05, 4.69) is 0 Å². The summed E-state index contributed by atoms with van der Waals surface area (Å²) in [6.07, 6.45) is 4.04. The number of ketones is 1. The molecule has 2 heterocycles. The minimum atomic E-state index is -1.01. The summed E-state index contributed by atoms with van der Waals surface area (Å²) in [7, 11) is 0. The van der Waals surface area contributed by atoms with E-state index in [9.17, 15) is 19.2 Å². The molecule has 0 N–H and O–H groups in total. The Hall–Kier alpha value is -4.62. The van der Waals surface area contributed by atoms with Gasteiger partial charge in [0.25, 0.3) is 0 Å². The van der Waals surface area contributed by atoms with E-state index in [1.54, 1.807) is 78.9 Å². The van der Waals surface area contributed by atoms with Crippen LogP contribution in [0.3, 0.4) is 0 Å². The van der Waals surface area contributed by atoms with Crippen molar-refractivity contribution in [3.63, 3.8) is 0 Å². The Morgan fingerprint density at radius 2 is 1.56 bits per heavy atom. The molecule has 0 radical (unpaired) electrons. The molecule has 6 rings (SSSR count). The first-order valence-corrected chi connectivity index (χ1v) is 13.7. The molecule has 0 bridgehead atoms. The Labute approximate surface area is 241 Å². The SMILES string of the molecule is CC(OC(=O)c1cc(-c2ccc(N3C(=O)C4CC=CCC4C3=O)cc2)nc2c(Cl)cccc12)C(=O)c1ccccc1. The number of nitrogens with zero attached hydrogens (tertiary/aromatic N) is 2. The Morgan fingerprint density at radius 1 is 0.902 bits per heavy atom. The minimum Gasteiger partial charge on any atom is -0.451 e. The van der Waals surface area contributed by atoms with Gasteiger partial charge in [-0.2, -0.15) is 0 Å². The third-order valence-corrected chi connectivity index (χ3v) is 7.96. The Kier molecular flexibility index (Phi) is 6.97. The smallest absolute Gasteiger partial charge is 0.339 e. The lowest BCUT2D eigenvalue weighted by atomic mass is 9.85. The summed E-state index contributed by atoms with van der Waals surface area (Å²) < 4.78 is 5.60. The molecule has 1 aliphatic heterocycles. The average Bonchev–Trinajstić information content (AvgIpc) is 3.26. The largest absolute Gasteiger partial charge is 0.451 e. The van der Waals surface area contributed by atoms with Crippen LogP contribution in [0.25, 0.3) is 22.2 Å². The van der Waals surface area contributed by atoms with Gasteiger partial charge in [-0.1, -0.05) is 78.4 Å². The number of esters is 1. The zero-order chi connectivity index (χ0) is 28.7. The Bertz CT molecular complexity index is 1710. The van der Waals surface area contributed by atoms with Crippen molar-refractivity contribution in [3.8, 4) is 11.3 Å². The number of halogens is 1.